The first-order chi connectivity index (χ1) is 11.1. The quantitative estimate of drug-likeness (QED) is 0.785. The Morgan fingerprint density at radius 1 is 1.39 bits per heavy atom. The third-order valence-corrected chi connectivity index (χ3v) is 3.67. The van der Waals surface area contributed by atoms with Gasteiger partial charge in [-0.3, -0.25) is 14.5 Å². The maximum absolute atomic E-state index is 12.1. The normalized spacial score (nSPS) is 15.4. The van der Waals surface area contributed by atoms with E-state index >= 15 is 0 Å². The van der Waals surface area contributed by atoms with Gasteiger partial charge < -0.3 is 19.5 Å². The Labute approximate surface area is 135 Å². The number of ether oxygens (including phenoxy) is 1. The first-order valence-electron chi connectivity index (χ1n) is 7.89. The van der Waals surface area contributed by atoms with E-state index in [1.165, 1.54) is 0 Å². The molecule has 0 radical (unpaired) electrons. The van der Waals surface area contributed by atoms with E-state index in [1.54, 1.807) is 24.8 Å². The van der Waals surface area contributed by atoms with Gasteiger partial charge in [0.25, 0.3) is 0 Å². The summed E-state index contributed by atoms with van der Waals surface area (Å²) in [5.74, 6) is 0.672. The molecule has 1 aliphatic rings. The minimum atomic E-state index is -0.276. The Kier molecular flexibility index (Phi) is 6.54. The number of nitrogens with zero attached hydrogens (tertiary/aromatic N) is 3. The van der Waals surface area contributed by atoms with Gasteiger partial charge in [0.1, 0.15) is 5.76 Å². The van der Waals surface area contributed by atoms with Gasteiger partial charge in [-0.15, -0.1) is 0 Å². The lowest BCUT2D eigenvalue weighted by atomic mass is 10.3. The van der Waals surface area contributed by atoms with Gasteiger partial charge in [-0.2, -0.15) is 0 Å². The molecule has 1 aromatic heterocycles. The molecule has 0 bridgehead atoms. The summed E-state index contributed by atoms with van der Waals surface area (Å²) in [5, 5.41) is 6.35. The topological polar surface area (TPSA) is 87.9 Å². The van der Waals surface area contributed by atoms with Crippen LogP contribution in [0, 0.1) is 6.92 Å². The number of aromatic nitrogens is 1. The number of hydrogen-bond donors (Lipinski definition) is 1. The highest BCUT2D eigenvalue weighted by atomic mass is 16.5. The lowest BCUT2D eigenvalue weighted by molar-refractivity contribution is -0.134. The van der Waals surface area contributed by atoms with Crippen LogP contribution >= 0.6 is 0 Å². The second-order valence-corrected chi connectivity index (χ2v) is 5.49. The van der Waals surface area contributed by atoms with E-state index in [0.717, 1.165) is 19.6 Å². The smallest absolute Gasteiger partial charge is 0.245 e. The molecular formula is C15H24N4O4. The van der Waals surface area contributed by atoms with Crippen LogP contribution in [0.25, 0.3) is 0 Å². The maximum Gasteiger partial charge on any atom is 0.245 e. The van der Waals surface area contributed by atoms with Crippen molar-refractivity contribution in [2.24, 2.45) is 0 Å². The molecule has 0 aliphatic carbocycles. The van der Waals surface area contributed by atoms with Crippen molar-refractivity contribution in [1.29, 1.82) is 0 Å². The lowest BCUT2D eigenvalue weighted by Crippen LogP contribution is -2.45. The van der Waals surface area contributed by atoms with Gasteiger partial charge in [-0.05, 0) is 6.92 Å². The highest BCUT2D eigenvalue weighted by Gasteiger charge is 2.18. The van der Waals surface area contributed by atoms with Crippen LogP contribution < -0.4 is 5.32 Å². The van der Waals surface area contributed by atoms with E-state index in [9.17, 15) is 9.59 Å². The summed E-state index contributed by atoms with van der Waals surface area (Å²) in [6.45, 7) is 7.98. The molecule has 0 atom stereocenters. The van der Waals surface area contributed by atoms with Crippen molar-refractivity contribution >= 4 is 17.6 Å². The van der Waals surface area contributed by atoms with Gasteiger partial charge in [0, 0.05) is 38.7 Å². The molecule has 1 aromatic rings. The lowest BCUT2D eigenvalue weighted by Gasteiger charge is -2.29. The van der Waals surface area contributed by atoms with E-state index in [-0.39, 0.29) is 18.4 Å². The molecule has 8 heteroatoms. The molecule has 0 saturated carbocycles. The summed E-state index contributed by atoms with van der Waals surface area (Å²) in [5.41, 5.74) is 0. The number of hydrogen-bond acceptors (Lipinski definition) is 6. The molecule has 0 spiro atoms. The van der Waals surface area contributed by atoms with Crippen molar-refractivity contribution in [1.82, 2.24) is 15.0 Å². The largest absolute Gasteiger partial charge is 0.379 e. The standard InChI is InChI=1S/C15H24N4O4/c1-3-15(21)19(5-4-18-6-8-22-9-7-18)11-14(20)16-13-10-12(2)23-17-13/h10H,3-9,11H2,1-2H3,(H,16,17,20). The van der Waals surface area contributed by atoms with Gasteiger partial charge in [0.15, 0.2) is 5.82 Å². The zero-order chi connectivity index (χ0) is 16.7. The zero-order valence-corrected chi connectivity index (χ0v) is 13.7. The Bertz CT molecular complexity index is 525. The van der Waals surface area contributed by atoms with Gasteiger partial charge >= 0.3 is 0 Å². The average molecular weight is 324 g/mol. The fourth-order valence-corrected chi connectivity index (χ4v) is 2.38. The molecule has 1 saturated heterocycles. The number of anilines is 1. The zero-order valence-electron chi connectivity index (χ0n) is 13.7. The first-order valence-corrected chi connectivity index (χ1v) is 7.89. The first kappa shape index (κ1) is 17.4. The molecule has 1 N–H and O–H groups in total. The number of morpholine rings is 1. The highest BCUT2D eigenvalue weighted by Crippen LogP contribution is 2.07. The third-order valence-electron chi connectivity index (χ3n) is 3.67. The van der Waals surface area contributed by atoms with E-state index < -0.39 is 0 Å². The highest BCUT2D eigenvalue weighted by molar-refractivity contribution is 5.93. The summed E-state index contributed by atoms with van der Waals surface area (Å²) >= 11 is 0. The minimum Gasteiger partial charge on any atom is -0.379 e. The van der Waals surface area contributed by atoms with Crippen LogP contribution in [0.3, 0.4) is 0 Å². The Hall–Kier alpha value is -1.93. The van der Waals surface area contributed by atoms with Crippen LogP contribution in [0.2, 0.25) is 0 Å². The molecule has 2 heterocycles. The molecule has 0 unspecified atom stereocenters. The molecule has 1 fully saturated rings. The van der Waals surface area contributed by atoms with E-state index in [0.29, 0.717) is 37.8 Å². The molecule has 23 heavy (non-hydrogen) atoms. The Balaban J connectivity index is 1.84. The van der Waals surface area contributed by atoms with Crippen LogP contribution in [0.15, 0.2) is 10.6 Å². The summed E-state index contributed by atoms with van der Waals surface area (Å²) in [4.78, 5) is 27.9. The van der Waals surface area contributed by atoms with Gasteiger partial charge in [-0.25, -0.2) is 0 Å². The van der Waals surface area contributed by atoms with E-state index in [4.69, 9.17) is 9.26 Å². The second kappa shape index (κ2) is 8.64. The van der Waals surface area contributed by atoms with Crippen LogP contribution in [0.4, 0.5) is 5.82 Å². The van der Waals surface area contributed by atoms with Crippen molar-refractivity contribution in [2.45, 2.75) is 20.3 Å². The monoisotopic (exact) mass is 324 g/mol. The number of nitrogens with one attached hydrogen (secondary N) is 1. The van der Waals surface area contributed by atoms with Crippen molar-refractivity contribution in [2.75, 3.05) is 51.3 Å². The fourth-order valence-electron chi connectivity index (χ4n) is 2.38. The third kappa shape index (κ3) is 5.65. The summed E-state index contributed by atoms with van der Waals surface area (Å²) in [6.07, 6.45) is 0.374. The minimum absolute atomic E-state index is 0.0168. The van der Waals surface area contributed by atoms with Crippen molar-refractivity contribution < 1.29 is 18.8 Å². The van der Waals surface area contributed by atoms with Crippen molar-refractivity contribution in [3.63, 3.8) is 0 Å². The number of carbonyl (C=O) groups is 2. The second-order valence-electron chi connectivity index (χ2n) is 5.49. The Morgan fingerprint density at radius 3 is 2.74 bits per heavy atom. The van der Waals surface area contributed by atoms with E-state index in [1.807, 2.05) is 0 Å². The van der Waals surface area contributed by atoms with Gasteiger partial charge in [-0.1, -0.05) is 12.1 Å². The fraction of sp³-hybridized carbons (Fsp3) is 0.667. The summed E-state index contributed by atoms with van der Waals surface area (Å²) in [7, 11) is 0. The van der Waals surface area contributed by atoms with Crippen LogP contribution in [0.5, 0.6) is 0 Å². The molecule has 1 aliphatic heterocycles. The van der Waals surface area contributed by atoms with Gasteiger partial charge in [0.05, 0.1) is 19.8 Å². The molecule has 128 valence electrons. The summed E-state index contributed by atoms with van der Waals surface area (Å²) in [6, 6.07) is 1.64. The molecule has 0 aromatic carbocycles. The Morgan fingerprint density at radius 2 is 2.13 bits per heavy atom. The average Bonchev–Trinajstić information content (AvgIpc) is 2.96. The molecular weight excluding hydrogens is 300 g/mol. The van der Waals surface area contributed by atoms with E-state index in [2.05, 4.69) is 15.4 Å². The molecule has 2 rings (SSSR count). The molecule has 8 nitrogen and oxygen atoms in total. The number of rotatable bonds is 7. The summed E-state index contributed by atoms with van der Waals surface area (Å²) < 4.78 is 10.2. The van der Waals surface area contributed by atoms with Crippen molar-refractivity contribution in [3.05, 3.63) is 11.8 Å². The maximum atomic E-state index is 12.1. The van der Waals surface area contributed by atoms with Crippen molar-refractivity contribution in [3.8, 4) is 0 Å². The SMILES string of the molecule is CCC(=O)N(CCN1CCOCC1)CC(=O)Nc1cc(C)on1. The van der Waals surface area contributed by atoms with Crippen LogP contribution in [0.1, 0.15) is 19.1 Å². The number of amides is 2. The predicted octanol–water partition coefficient (Wildman–Crippen LogP) is 0.492. The number of carbonyl (C=O) groups excluding carboxylic acids is 2. The molecule has 2 amide bonds. The number of aryl methyl sites for hydroxylation is 1. The van der Waals surface area contributed by atoms with Crippen LogP contribution in [-0.4, -0.2) is 72.7 Å². The predicted molar refractivity (Wildman–Crippen MR) is 84.0 cm³/mol. The van der Waals surface area contributed by atoms with Gasteiger partial charge in [0.2, 0.25) is 11.8 Å². The van der Waals surface area contributed by atoms with Crippen LogP contribution in [-0.2, 0) is 14.3 Å².